The van der Waals surface area contributed by atoms with Crippen LogP contribution in [0.5, 0.6) is 0 Å². The zero-order valence-corrected chi connectivity index (χ0v) is 29.6. The Balaban J connectivity index is 1.60. The Hall–Kier alpha value is -3.45. The van der Waals surface area contributed by atoms with Gasteiger partial charge < -0.3 is 15.2 Å². The zero-order chi connectivity index (χ0) is 33.9. The summed E-state index contributed by atoms with van der Waals surface area (Å²) >= 11 is 0. The first-order valence-corrected chi connectivity index (χ1v) is 17.0. The van der Waals surface area contributed by atoms with Gasteiger partial charge in [0.2, 0.25) is 0 Å². The number of carbonyl (C=O) groups excluding carboxylic acids is 1. The number of anilines is 1. The predicted molar refractivity (Wildman–Crippen MR) is 191 cm³/mol. The minimum Gasteiger partial charge on any atom is -0.460 e. The summed E-state index contributed by atoms with van der Waals surface area (Å²) < 4.78 is 12.8. The van der Waals surface area contributed by atoms with Crippen molar-refractivity contribution in [2.45, 2.75) is 138 Å². The van der Waals surface area contributed by atoms with Gasteiger partial charge in [-0.15, -0.1) is 0 Å². The highest BCUT2D eigenvalue weighted by Crippen LogP contribution is 2.27. The maximum absolute atomic E-state index is 12.5. The van der Waals surface area contributed by atoms with Crippen LogP contribution < -0.4 is 11.4 Å². The Morgan fingerprint density at radius 1 is 0.804 bits per heavy atom. The van der Waals surface area contributed by atoms with E-state index >= 15 is 0 Å². The summed E-state index contributed by atoms with van der Waals surface area (Å²) in [5.74, 6) is -0.149. The van der Waals surface area contributed by atoms with Gasteiger partial charge in [0.1, 0.15) is 18.7 Å². The van der Waals surface area contributed by atoms with E-state index < -0.39 is 11.9 Å². The lowest BCUT2D eigenvalue weighted by Crippen LogP contribution is -2.28. The van der Waals surface area contributed by atoms with Crippen LogP contribution in [0.1, 0.15) is 132 Å². The fraction of sp³-hybridized carbons (Fsp3) is 0.564. The molecule has 0 unspecified atom stereocenters. The first kappa shape index (κ1) is 38.7. The Morgan fingerprint density at radius 2 is 1.30 bits per heavy atom. The van der Waals surface area contributed by atoms with Crippen molar-refractivity contribution in [3.05, 3.63) is 92.6 Å². The number of unbranched alkanes of at least 4 members (excludes halogenated alkanes) is 1. The number of nitrogens with two attached hydrogens (primary N) is 1. The van der Waals surface area contributed by atoms with Crippen LogP contribution in [0.2, 0.25) is 0 Å². The second-order valence-corrected chi connectivity index (χ2v) is 13.0. The molecule has 0 saturated carbocycles. The van der Waals surface area contributed by atoms with Crippen LogP contribution in [-0.2, 0) is 14.3 Å². The Kier molecular flexibility index (Phi) is 18.0. The molecule has 1 aliphatic rings. The Bertz CT molecular complexity index is 1360. The molecule has 0 radical (unpaired) electrons. The number of nitrogens with zero attached hydrogens (tertiary/aromatic N) is 2. The van der Waals surface area contributed by atoms with Gasteiger partial charge in [-0.1, -0.05) is 64.3 Å². The van der Waals surface area contributed by atoms with Gasteiger partial charge in [0, 0.05) is 11.8 Å². The zero-order valence-electron chi connectivity index (χ0n) is 29.6. The summed E-state index contributed by atoms with van der Waals surface area (Å²) in [5, 5.41) is 0. The van der Waals surface area contributed by atoms with E-state index in [1.54, 1.807) is 19.2 Å². The molecule has 0 amide bonds. The first-order valence-electron chi connectivity index (χ1n) is 17.0. The van der Waals surface area contributed by atoms with E-state index in [0.29, 0.717) is 18.4 Å². The second-order valence-electron chi connectivity index (χ2n) is 13.0. The van der Waals surface area contributed by atoms with Crippen LogP contribution in [0.15, 0.2) is 87.0 Å². The van der Waals surface area contributed by atoms with E-state index in [-0.39, 0.29) is 24.5 Å². The highest BCUT2D eigenvalue weighted by Gasteiger charge is 2.28. The molecular formula is C39H59N3O4. The quantitative estimate of drug-likeness (QED) is 0.0705. The van der Waals surface area contributed by atoms with Crippen LogP contribution >= 0.6 is 0 Å². The average molecular weight is 634 g/mol. The molecule has 7 heteroatoms. The molecule has 2 N–H and O–H groups in total. The summed E-state index contributed by atoms with van der Waals surface area (Å²) in [7, 11) is 0. The Morgan fingerprint density at radius 3 is 1.83 bits per heavy atom. The molecular weight excluding hydrogens is 574 g/mol. The summed E-state index contributed by atoms with van der Waals surface area (Å²) in [6.45, 7) is 15.2. The van der Waals surface area contributed by atoms with Crippen LogP contribution in [0.25, 0.3) is 0 Å². The van der Waals surface area contributed by atoms with Crippen LogP contribution in [0.4, 0.5) is 5.82 Å². The molecule has 2 heterocycles. The highest BCUT2D eigenvalue weighted by molar-refractivity contribution is 5.87. The number of esters is 1. The summed E-state index contributed by atoms with van der Waals surface area (Å²) in [5.41, 5.74) is 12.9. The molecule has 7 nitrogen and oxygen atoms in total. The second kappa shape index (κ2) is 21.4. The molecule has 254 valence electrons. The minimum absolute atomic E-state index is 0.161. The summed E-state index contributed by atoms with van der Waals surface area (Å²) in [6.07, 6.45) is 26.6. The lowest BCUT2D eigenvalue weighted by molar-refractivity contribution is -0.143. The standard InChI is InChI=1S/C39H59N3O4/c1-29(2)14-10-17-32(5)20-11-18-30(3)15-8-9-16-31(4)19-12-21-33(6)22-13-23-34(7)38(43)45-28-35-24-25-37(46-35)42-27-26-36(40)41-39(42)44/h14-16,20-21,23,26-27,35,37H,8-13,17-19,22,24-25,28H2,1-7H3,(H2,40,41,44)/t35-,37+/m0/s1. The third-order valence-corrected chi connectivity index (χ3v) is 8.26. The molecule has 1 aromatic rings. The summed E-state index contributed by atoms with van der Waals surface area (Å²) in [4.78, 5) is 28.3. The molecule has 1 aromatic heterocycles. The van der Waals surface area contributed by atoms with E-state index in [4.69, 9.17) is 15.2 Å². The molecule has 0 bridgehead atoms. The highest BCUT2D eigenvalue weighted by atomic mass is 16.6. The van der Waals surface area contributed by atoms with Crippen LogP contribution in [-0.4, -0.2) is 28.2 Å². The largest absolute Gasteiger partial charge is 0.460 e. The number of rotatable bonds is 19. The van der Waals surface area contributed by atoms with Gasteiger partial charge in [-0.2, -0.15) is 4.98 Å². The van der Waals surface area contributed by atoms with E-state index in [2.05, 4.69) is 76.9 Å². The van der Waals surface area contributed by atoms with Crippen molar-refractivity contribution < 1.29 is 14.3 Å². The van der Waals surface area contributed by atoms with Crippen LogP contribution in [0.3, 0.4) is 0 Å². The van der Waals surface area contributed by atoms with E-state index in [0.717, 1.165) is 64.2 Å². The molecule has 0 aliphatic carbocycles. The van der Waals surface area contributed by atoms with Crippen molar-refractivity contribution in [1.29, 1.82) is 0 Å². The fourth-order valence-electron chi connectivity index (χ4n) is 5.29. The smallest absolute Gasteiger partial charge is 0.351 e. The lowest BCUT2D eigenvalue weighted by Gasteiger charge is -2.15. The number of ether oxygens (including phenoxy) is 2. The van der Waals surface area contributed by atoms with Crippen LogP contribution in [0, 0.1) is 0 Å². The van der Waals surface area contributed by atoms with E-state index in [1.807, 2.05) is 6.08 Å². The fourth-order valence-corrected chi connectivity index (χ4v) is 5.29. The van der Waals surface area contributed by atoms with Crippen molar-refractivity contribution in [3.63, 3.8) is 0 Å². The third kappa shape index (κ3) is 16.2. The van der Waals surface area contributed by atoms with Gasteiger partial charge in [-0.3, -0.25) is 4.57 Å². The topological polar surface area (TPSA) is 96.4 Å². The van der Waals surface area contributed by atoms with Gasteiger partial charge in [0.25, 0.3) is 0 Å². The first-order chi connectivity index (χ1) is 21.9. The Labute approximate surface area is 278 Å². The number of hydrogen-bond acceptors (Lipinski definition) is 6. The monoisotopic (exact) mass is 633 g/mol. The third-order valence-electron chi connectivity index (χ3n) is 8.26. The summed E-state index contributed by atoms with van der Waals surface area (Å²) in [6, 6.07) is 1.57. The van der Waals surface area contributed by atoms with Crippen molar-refractivity contribution in [1.82, 2.24) is 9.55 Å². The SMILES string of the molecule is CC(C)=CCCC(C)=CCCC(C)=CCCC=C(C)CCC=C(C)CCC=C(C)C(=O)OC[C@@H]1CC[C@H](n2ccc(N)nc2=O)O1. The van der Waals surface area contributed by atoms with Gasteiger partial charge in [-0.05, 0) is 132 Å². The maximum atomic E-state index is 12.5. The molecule has 0 spiro atoms. The number of hydrogen-bond donors (Lipinski definition) is 1. The molecule has 1 aliphatic heterocycles. The number of aromatic nitrogens is 2. The lowest BCUT2D eigenvalue weighted by atomic mass is 10.0. The number of nitrogen functional groups attached to an aromatic ring is 1. The molecule has 0 aromatic carbocycles. The van der Waals surface area contributed by atoms with E-state index in [1.165, 1.54) is 32.4 Å². The molecule has 2 rings (SSSR count). The van der Waals surface area contributed by atoms with Crippen molar-refractivity contribution in [3.8, 4) is 0 Å². The number of carbonyl (C=O) groups is 1. The van der Waals surface area contributed by atoms with Gasteiger partial charge in [0.05, 0.1) is 6.10 Å². The van der Waals surface area contributed by atoms with Crippen molar-refractivity contribution in [2.24, 2.45) is 0 Å². The van der Waals surface area contributed by atoms with Gasteiger partial charge in [0.15, 0.2) is 0 Å². The minimum atomic E-state index is -0.443. The molecule has 1 saturated heterocycles. The normalized spacial score (nSPS) is 18.2. The molecule has 1 fully saturated rings. The number of allylic oxidation sites excluding steroid dienone is 11. The molecule has 46 heavy (non-hydrogen) atoms. The van der Waals surface area contributed by atoms with Crippen molar-refractivity contribution in [2.75, 3.05) is 12.3 Å². The van der Waals surface area contributed by atoms with E-state index in [9.17, 15) is 9.59 Å². The van der Waals surface area contributed by atoms with Gasteiger partial charge >= 0.3 is 11.7 Å². The predicted octanol–water partition coefficient (Wildman–Crippen LogP) is 9.65. The van der Waals surface area contributed by atoms with Gasteiger partial charge in [-0.25, -0.2) is 9.59 Å². The van der Waals surface area contributed by atoms with Crippen molar-refractivity contribution >= 4 is 11.8 Å². The maximum Gasteiger partial charge on any atom is 0.351 e. The molecule has 2 atom stereocenters. The average Bonchev–Trinajstić information content (AvgIpc) is 3.46.